The average Bonchev–Trinajstić information content (AvgIpc) is 2.54. The second-order valence-electron chi connectivity index (χ2n) is 7.78. The van der Waals surface area contributed by atoms with E-state index >= 15 is 0 Å². The molecule has 1 aromatic carbocycles. The molecule has 0 aromatic heterocycles. The molecule has 0 spiro atoms. The third-order valence-corrected chi connectivity index (χ3v) is 6.39. The van der Waals surface area contributed by atoms with Crippen molar-refractivity contribution in [2.75, 3.05) is 7.11 Å². The molecule has 0 radical (unpaired) electrons. The molecule has 0 amide bonds. The number of rotatable bonds is 3. The first-order valence-corrected chi connectivity index (χ1v) is 9.01. The van der Waals surface area contributed by atoms with Crippen LogP contribution in [0.5, 0.6) is 5.75 Å². The van der Waals surface area contributed by atoms with Gasteiger partial charge in [-0.05, 0) is 72.6 Å². The largest absolute Gasteiger partial charge is 0.497 e. The Bertz CT molecular complexity index is 627. The smallest absolute Gasteiger partial charge is 0.119 e. The van der Waals surface area contributed by atoms with E-state index < -0.39 is 0 Å². The van der Waals surface area contributed by atoms with Crippen LogP contribution < -0.4 is 4.74 Å². The Balaban J connectivity index is 2.03. The molecular formula is C22H30O. The second-order valence-corrected chi connectivity index (χ2v) is 7.78. The first-order valence-electron chi connectivity index (χ1n) is 9.01. The lowest BCUT2D eigenvalue weighted by Gasteiger charge is -2.54. The van der Waals surface area contributed by atoms with E-state index in [1.54, 1.807) is 12.7 Å². The lowest BCUT2D eigenvalue weighted by atomic mass is 9.50. The summed E-state index contributed by atoms with van der Waals surface area (Å²) >= 11 is 0. The van der Waals surface area contributed by atoms with Gasteiger partial charge in [0.25, 0.3) is 0 Å². The first-order chi connectivity index (χ1) is 11.0. The summed E-state index contributed by atoms with van der Waals surface area (Å²) in [5.74, 6) is 1.72. The Hall–Kier alpha value is -1.50. The number of aryl methyl sites for hydroxylation is 1. The quantitative estimate of drug-likeness (QED) is 0.637. The Morgan fingerprint density at radius 2 is 2.00 bits per heavy atom. The van der Waals surface area contributed by atoms with Crippen molar-refractivity contribution in [1.29, 1.82) is 0 Å². The van der Waals surface area contributed by atoms with Gasteiger partial charge in [0.1, 0.15) is 5.75 Å². The maximum atomic E-state index is 5.51. The summed E-state index contributed by atoms with van der Waals surface area (Å²) in [6.45, 7) is 7.05. The van der Waals surface area contributed by atoms with E-state index in [1.807, 2.05) is 0 Å². The summed E-state index contributed by atoms with van der Waals surface area (Å²) in [4.78, 5) is 0. The minimum absolute atomic E-state index is 0.273. The Kier molecular flexibility index (Phi) is 4.40. The van der Waals surface area contributed by atoms with E-state index in [-0.39, 0.29) is 5.41 Å². The molecule has 1 saturated carbocycles. The van der Waals surface area contributed by atoms with Crippen LogP contribution >= 0.6 is 0 Å². The molecule has 0 heterocycles. The topological polar surface area (TPSA) is 9.23 Å². The van der Waals surface area contributed by atoms with Gasteiger partial charge < -0.3 is 4.74 Å². The molecule has 0 bridgehead atoms. The lowest BCUT2D eigenvalue weighted by molar-refractivity contribution is 0.0630. The Morgan fingerprint density at radius 1 is 1.17 bits per heavy atom. The predicted octanol–water partition coefficient (Wildman–Crippen LogP) is 5.84. The fourth-order valence-electron chi connectivity index (χ4n) is 5.20. The van der Waals surface area contributed by atoms with Crippen LogP contribution in [0, 0.1) is 11.3 Å². The highest BCUT2D eigenvalue weighted by molar-refractivity contribution is 5.44. The van der Waals surface area contributed by atoms with Crippen molar-refractivity contribution in [1.82, 2.24) is 0 Å². The van der Waals surface area contributed by atoms with Gasteiger partial charge in [0.15, 0.2) is 0 Å². The van der Waals surface area contributed by atoms with Gasteiger partial charge in [-0.1, -0.05) is 50.6 Å². The summed E-state index contributed by atoms with van der Waals surface area (Å²) in [5.41, 5.74) is 3.65. The molecule has 1 fully saturated rings. The molecule has 0 saturated heterocycles. The van der Waals surface area contributed by atoms with Gasteiger partial charge in [-0.2, -0.15) is 0 Å². The van der Waals surface area contributed by atoms with Crippen LogP contribution in [0.1, 0.15) is 57.6 Å². The molecule has 3 atom stereocenters. The second kappa shape index (κ2) is 6.19. The van der Waals surface area contributed by atoms with Crippen LogP contribution in [0.3, 0.4) is 0 Å². The van der Waals surface area contributed by atoms with E-state index in [0.717, 1.165) is 5.75 Å². The highest BCUT2D eigenvalue weighted by Gasteiger charge is 2.50. The zero-order valence-corrected chi connectivity index (χ0v) is 15.1. The van der Waals surface area contributed by atoms with Crippen molar-refractivity contribution in [2.24, 2.45) is 11.3 Å². The zero-order chi connectivity index (χ0) is 16.5. The molecule has 0 unspecified atom stereocenters. The van der Waals surface area contributed by atoms with Crippen LogP contribution in [-0.2, 0) is 11.8 Å². The summed E-state index contributed by atoms with van der Waals surface area (Å²) in [6.07, 6.45) is 15.4. The van der Waals surface area contributed by atoms with Crippen molar-refractivity contribution in [3.8, 4) is 5.75 Å². The molecule has 0 N–H and O–H groups in total. The van der Waals surface area contributed by atoms with Gasteiger partial charge >= 0.3 is 0 Å². The van der Waals surface area contributed by atoms with Crippen LogP contribution in [0.4, 0.5) is 0 Å². The van der Waals surface area contributed by atoms with Crippen molar-refractivity contribution in [2.45, 2.75) is 58.3 Å². The molecule has 124 valence electrons. The van der Waals surface area contributed by atoms with Crippen molar-refractivity contribution in [3.05, 3.63) is 53.6 Å². The molecule has 1 heteroatoms. The SMILES string of the molecule is C/C=C/C=C/[C@@]1(C)CCC[C@@]2(C)c3cc(OC)ccc3CC[C@H]12. The van der Waals surface area contributed by atoms with Crippen molar-refractivity contribution in [3.63, 3.8) is 0 Å². The standard InChI is InChI=1S/C22H30O/c1-5-6-7-13-21(2)14-8-15-22(3)19-16-18(23-4)11-9-17(19)10-12-20(21)22/h5-7,9,11,13,16,20H,8,10,12,14-15H2,1-4H3/b6-5+,13-7+/t20-,21+,22+/m1/s1. The first kappa shape index (κ1) is 16.4. The summed E-state index contributed by atoms with van der Waals surface area (Å²) in [5, 5.41) is 0. The van der Waals surface area contributed by atoms with E-state index in [4.69, 9.17) is 4.74 Å². The van der Waals surface area contributed by atoms with Crippen LogP contribution in [0.15, 0.2) is 42.5 Å². The monoisotopic (exact) mass is 310 g/mol. The van der Waals surface area contributed by atoms with Gasteiger partial charge in [0.2, 0.25) is 0 Å². The average molecular weight is 310 g/mol. The van der Waals surface area contributed by atoms with E-state index in [0.29, 0.717) is 11.3 Å². The summed E-state index contributed by atoms with van der Waals surface area (Å²) in [6, 6.07) is 6.72. The number of methoxy groups -OCH3 is 1. The van der Waals surface area contributed by atoms with E-state index in [2.05, 4.69) is 63.3 Å². The van der Waals surface area contributed by atoms with E-state index in [1.165, 1.54) is 37.7 Å². The van der Waals surface area contributed by atoms with Crippen molar-refractivity contribution < 1.29 is 4.74 Å². The summed E-state index contributed by atoms with van der Waals surface area (Å²) in [7, 11) is 1.77. The molecule has 3 rings (SSSR count). The zero-order valence-electron chi connectivity index (χ0n) is 15.1. The number of allylic oxidation sites excluding steroid dienone is 4. The maximum Gasteiger partial charge on any atom is 0.119 e. The molecule has 1 nitrogen and oxygen atoms in total. The highest BCUT2D eigenvalue weighted by atomic mass is 16.5. The van der Waals surface area contributed by atoms with Gasteiger partial charge in [-0.25, -0.2) is 0 Å². The van der Waals surface area contributed by atoms with Gasteiger partial charge in [-0.3, -0.25) is 0 Å². The fourth-order valence-corrected chi connectivity index (χ4v) is 5.20. The molecule has 2 aliphatic carbocycles. The minimum Gasteiger partial charge on any atom is -0.497 e. The van der Waals surface area contributed by atoms with Gasteiger partial charge in [-0.15, -0.1) is 0 Å². The molecule has 0 aliphatic heterocycles. The number of fused-ring (bicyclic) bond motifs is 3. The van der Waals surface area contributed by atoms with Crippen LogP contribution in [-0.4, -0.2) is 7.11 Å². The van der Waals surface area contributed by atoms with E-state index in [9.17, 15) is 0 Å². The minimum atomic E-state index is 0.273. The van der Waals surface area contributed by atoms with Gasteiger partial charge in [0, 0.05) is 0 Å². The third-order valence-electron chi connectivity index (χ3n) is 6.39. The fraction of sp³-hybridized carbons (Fsp3) is 0.545. The molecular weight excluding hydrogens is 280 g/mol. The number of ether oxygens (including phenoxy) is 1. The molecule has 2 aliphatic rings. The van der Waals surface area contributed by atoms with Crippen LogP contribution in [0.25, 0.3) is 0 Å². The Labute approximate surface area is 141 Å². The third kappa shape index (κ3) is 2.75. The lowest BCUT2D eigenvalue weighted by Crippen LogP contribution is -2.48. The number of hydrogen-bond acceptors (Lipinski definition) is 1. The summed E-state index contributed by atoms with van der Waals surface area (Å²) < 4.78 is 5.51. The van der Waals surface area contributed by atoms with Crippen LogP contribution in [0.2, 0.25) is 0 Å². The normalized spacial score (nSPS) is 33.7. The van der Waals surface area contributed by atoms with Crippen molar-refractivity contribution >= 4 is 0 Å². The van der Waals surface area contributed by atoms with Gasteiger partial charge in [0.05, 0.1) is 7.11 Å². The molecule has 23 heavy (non-hydrogen) atoms. The Morgan fingerprint density at radius 3 is 2.74 bits per heavy atom. The predicted molar refractivity (Wildman–Crippen MR) is 98.1 cm³/mol. The molecule has 1 aromatic rings. The highest BCUT2D eigenvalue weighted by Crippen LogP contribution is 2.58. The number of benzene rings is 1. The number of hydrogen-bond donors (Lipinski definition) is 0. The maximum absolute atomic E-state index is 5.51.